The molecule has 2 atom stereocenters. The highest BCUT2D eigenvalue weighted by molar-refractivity contribution is 7.98. The van der Waals surface area contributed by atoms with Crippen LogP contribution in [0, 0.1) is 5.92 Å². The molecule has 0 aromatic heterocycles. The van der Waals surface area contributed by atoms with Crippen molar-refractivity contribution in [2.45, 2.75) is 38.8 Å². The maximum atomic E-state index is 10.9. The van der Waals surface area contributed by atoms with Crippen LogP contribution in [-0.4, -0.2) is 30.4 Å². The van der Waals surface area contributed by atoms with E-state index < -0.39 is 0 Å². The zero-order valence-corrected chi connectivity index (χ0v) is 11.3. The van der Waals surface area contributed by atoms with E-state index in [2.05, 4.69) is 32.0 Å². The van der Waals surface area contributed by atoms with Crippen molar-refractivity contribution >= 4 is 18.0 Å². The Balaban J connectivity index is 4.03. The third-order valence-corrected chi connectivity index (χ3v) is 2.98. The first kappa shape index (κ1) is 15.5. The third kappa shape index (κ3) is 6.90. The van der Waals surface area contributed by atoms with Crippen LogP contribution in [0.15, 0.2) is 12.3 Å². The minimum absolute atomic E-state index is 0.0675. The smallest absolute Gasteiger partial charge is 0.142 e. The molecular formula is C12H24N2OS. The SMILES string of the molecule is C=C(N[C@H](C=O)CC(C)C)[C@@H](N)CCSC. The van der Waals surface area contributed by atoms with Crippen LogP contribution in [0.25, 0.3) is 0 Å². The lowest BCUT2D eigenvalue weighted by Crippen LogP contribution is -2.38. The molecule has 0 unspecified atom stereocenters. The summed E-state index contributed by atoms with van der Waals surface area (Å²) in [4.78, 5) is 10.9. The molecule has 0 saturated carbocycles. The van der Waals surface area contributed by atoms with Gasteiger partial charge in [0.15, 0.2) is 0 Å². The Bertz CT molecular complexity index is 219. The van der Waals surface area contributed by atoms with Gasteiger partial charge in [-0.05, 0) is 30.8 Å². The van der Waals surface area contributed by atoms with Crippen molar-refractivity contribution in [3.8, 4) is 0 Å². The second-order valence-electron chi connectivity index (χ2n) is 4.43. The molecule has 0 amide bonds. The molecule has 0 aliphatic heterocycles. The molecule has 3 nitrogen and oxygen atoms in total. The number of carbonyl (C=O) groups is 1. The lowest BCUT2D eigenvalue weighted by atomic mass is 10.0. The molecular weight excluding hydrogens is 220 g/mol. The molecule has 0 aromatic carbocycles. The molecule has 3 N–H and O–H groups in total. The Morgan fingerprint density at radius 3 is 2.62 bits per heavy atom. The van der Waals surface area contributed by atoms with E-state index in [4.69, 9.17) is 5.73 Å². The van der Waals surface area contributed by atoms with E-state index in [1.165, 1.54) is 0 Å². The van der Waals surface area contributed by atoms with E-state index in [1.807, 2.05) is 0 Å². The van der Waals surface area contributed by atoms with Crippen molar-refractivity contribution in [1.82, 2.24) is 5.32 Å². The highest BCUT2D eigenvalue weighted by atomic mass is 32.2. The van der Waals surface area contributed by atoms with Gasteiger partial charge in [0.1, 0.15) is 6.29 Å². The van der Waals surface area contributed by atoms with Gasteiger partial charge in [0.25, 0.3) is 0 Å². The number of rotatable bonds is 9. The van der Waals surface area contributed by atoms with E-state index >= 15 is 0 Å². The lowest BCUT2D eigenvalue weighted by Gasteiger charge is -2.21. The van der Waals surface area contributed by atoms with E-state index in [0.29, 0.717) is 5.92 Å². The molecule has 0 heterocycles. The van der Waals surface area contributed by atoms with Gasteiger partial charge in [0.05, 0.1) is 6.04 Å². The Kier molecular flexibility index (Phi) is 8.39. The monoisotopic (exact) mass is 244 g/mol. The summed E-state index contributed by atoms with van der Waals surface area (Å²) in [6, 6.07) is -0.227. The van der Waals surface area contributed by atoms with E-state index in [9.17, 15) is 4.79 Å². The molecule has 0 aliphatic rings. The van der Waals surface area contributed by atoms with Crippen LogP contribution in [0.1, 0.15) is 26.7 Å². The van der Waals surface area contributed by atoms with Gasteiger partial charge in [-0.15, -0.1) is 0 Å². The van der Waals surface area contributed by atoms with Crippen molar-refractivity contribution in [3.05, 3.63) is 12.3 Å². The molecule has 0 radical (unpaired) electrons. The molecule has 0 saturated heterocycles. The topological polar surface area (TPSA) is 55.1 Å². The van der Waals surface area contributed by atoms with E-state index in [-0.39, 0.29) is 12.1 Å². The van der Waals surface area contributed by atoms with Crippen LogP contribution >= 0.6 is 11.8 Å². The summed E-state index contributed by atoms with van der Waals surface area (Å²) < 4.78 is 0. The number of thioether (sulfide) groups is 1. The van der Waals surface area contributed by atoms with Crippen LogP contribution in [0.2, 0.25) is 0 Å². The number of hydrogen-bond donors (Lipinski definition) is 2. The number of carbonyl (C=O) groups excluding carboxylic acids is 1. The Hall–Kier alpha value is -0.480. The molecule has 16 heavy (non-hydrogen) atoms. The molecule has 0 aliphatic carbocycles. The standard InChI is InChI=1S/C12H24N2OS/c1-9(2)7-11(8-15)14-10(3)12(13)5-6-16-4/h8-9,11-12,14H,3,5-7,13H2,1-2,4H3/t11-,12-/m0/s1. The van der Waals surface area contributed by atoms with Crippen molar-refractivity contribution in [3.63, 3.8) is 0 Å². The van der Waals surface area contributed by atoms with Gasteiger partial charge in [-0.25, -0.2) is 0 Å². The van der Waals surface area contributed by atoms with Crippen LogP contribution in [0.4, 0.5) is 0 Å². The summed E-state index contributed by atoms with van der Waals surface area (Å²) in [6.07, 6.45) is 4.69. The average Bonchev–Trinajstić information content (AvgIpc) is 2.23. The number of aldehydes is 1. The Labute approximate surface area is 103 Å². The molecule has 0 bridgehead atoms. The predicted molar refractivity (Wildman–Crippen MR) is 72.6 cm³/mol. The second-order valence-corrected chi connectivity index (χ2v) is 5.42. The molecule has 0 rings (SSSR count). The molecule has 0 spiro atoms. The van der Waals surface area contributed by atoms with Gasteiger partial charge < -0.3 is 15.8 Å². The van der Waals surface area contributed by atoms with Gasteiger partial charge >= 0.3 is 0 Å². The second kappa shape index (κ2) is 8.65. The first-order valence-corrected chi connectivity index (χ1v) is 7.05. The summed E-state index contributed by atoms with van der Waals surface area (Å²) in [5.74, 6) is 1.50. The summed E-state index contributed by atoms with van der Waals surface area (Å²) in [6.45, 7) is 8.08. The van der Waals surface area contributed by atoms with E-state index in [1.54, 1.807) is 11.8 Å². The van der Waals surface area contributed by atoms with Gasteiger partial charge in [-0.2, -0.15) is 11.8 Å². The maximum Gasteiger partial charge on any atom is 0.142 e. The first-order valence-electron chi connectivity index (χ1n) is 5.66. The van der Waals surface area contributed by atoms with Crippen LogP contribution in [0.5, 0.6) is 0 Å². The minimum atomic E-state index is -0.159. The van der Waals surface area contributed by atoms with Gasteiger partial charge in [-0.1, -0.05) is 20.4 Å². The summed E-state index contributed by atoms with van der Waals surface area (Å²) in [7, 11) is 0. The van der Waals surface area contributed by atoms with Crippen LogP contribution in [0.3, 0.4) is 0 Å². The van der Waals surface area contributed by atoms with Crippen molar-refractivity contribution < 1.29 is 4.79 Å². The highest BCUT2D eigenvalue weighted by Crippen LogP contribution is 2.08. The van der Waals surface area contributed by atoms with Crippen molar-refractivity contribution in [2.75, 3.05) is 12.0 Å². The predicted octanol–water partition coefficient (Wildman–Crippen LogP) is 1.78. The first-order chi connectivity index (χ1) is 7.51. The fourth-order valence-corrected chi connectivity index (χ4v) is 1.91. The molecule has 0 aromatic rings. The summed E-state index contributed by atoms with van der Waals surface area (Å²) in [5, 5.41) is 3.11. The third-order valence-electron chi connectivity index (χ3n) is 2.34. The van der Waals surface area contributed by atoms with Crippen LogP contribution < -0.4 is 11.1 Å². The Morgan fingerprint density at radius 2 is 2.19 bits per heavy atom. The van der Waals surface area contributed by atoms with Gasteiger partial charge in [-0.3, -0.25) is 0 Å². The molecule has 94 valence electrons. The largest absolute Gasteiger partial charge is 0.378 e. The quantitative estimate of drug-likeness (QED) is 0.607. The minimum Gasteiger partial charge on any atom is -0.378 e. The van der Waals surface area contributed by atoms with Crippen molar-refractivity contribution in [1.29, 1.82) is 0 Å². The number of nitrogens with two attached hydrogens (primary N) is 1. The zero-order chi connectivity index (χ0) is 12.6. The zero-order valence-electron chi connectivity index (χ0n) is 10.5. The highest BCUT2D eigenvalue weighted by Gasteiger charge is 2.13. The fourth-order valence-electron chi connectivity index (χ4n) is 1.42. The van der Waals surface area contributed by atoms with E-state index in [0.717, 1.165) is 30.6 Å². The van der Waals surface area contributed by atoms with Gasteiger partial charge in [0, 0.05) is 11.7 Å². The Morgan fingerprint density at radius 1 is 1.56 bits per heavy atom. The van der Waals surface area contributed by atoms with Crippen molar-refractivity contribution in [2.24, 2.45) is 11.7 Å². The number of nitrogens with one attached hydrogen (secondary N) is 1. The summed E-state index contributed by atoms with van der Waals surface area (Å²) >= 11 is 1.76. The fraction of sp³-hybridized carbons (Fsp3) is 0.750. The maximum absolute atomic E-state index is 10.9. The average molecular weight is 244 g/mol. The lowest BCUT2D eigenvalue weighted by molar-refractivity contribution is -0.109. The van der Waals surface area contributed by atoms with Crippen LogP contribution in [-0.2, 0) is 4.79 Å². The normalized spacial score (nSPS) is 14.6. The molecule has 0 fully saturated rings. The summed E-state index contributed by atoms with van der Waals surface area (Å²) in [5.41, 5.74) is 6.72. The van der Waals surface area contributed by atoms with Gasteiger partial charge in [0.2, 0.25) is 0 Å². The number of hydrogen-bond acceptors (Lipinski definition) is 4. The molecule has 4 heteroatoms.